The number of rotatable bonds is 3. The topological polar surface area (TPSA) is 20.2 Å². The largest absolute Gasteiger partial charge is 0.393 e. The first-order valence-electron chi connectivity index (χ1n) is 6.46. The van der Waals surface area contributed by atoms with Gasteiger partial charge < -0.3 is 5.11 Å². The molecule has 0 aromatic rings. The molecule has 3 unspecified atom stereocenters. The van der Waals surface area contributed by atoms with E-state index in [0.29, 0.717) is 0 Å². The summed E-state index contributed by atoms with van der Waals surface area (Å²) in [4.78, 5) is 0. The lowest BCUT2D eigenvalue weighted by atomic mass is 9.74. The Morgan fingerprint density at radius 3 is 2.21 bits per heavy atom. The zero-order valence-electron chi connectivity index (χ0n) is 10.4. The monoisotopic (exact) mass is 200 g/mol. The molecule has 1 aliphatic carbocycles. The Hall–Kier alpha value is -0.0400. The van der Waals surface area contributed by atoms with Gasteiger partial charge in [-0.15, -0.1) is 0 Å². The quantitative estimate of drug-likeness (QED) is 0.730. The molecule has 0 radical (unpaired) electrons. The first-order valence-corrected chi connectivity index (χ1v) is 6.46. The van der Waals surface area contributed by atoms with Crippen molar-refractivity contribution in [2.45, 2.75) is 72.3 Å². The van der Waals surface area contributed by atoms with Crippen molar-refractivity contribution in [3.8, 4) is 0 Å². The Kier molecular flexibility index (Phi) is 8.26. The third-order valence-electron chi connectivity index (χ3n) is 3.30. The van der Waals surface area contributed by atoms with Crippen LogP contribution in [0.4, 0.5) is 0 Å². The van der Waals surface area contributed by atoms with Gasteiger partial charge in [-0.3, -0.25) is 0 Å². The van der Waals surface area contributed by atoms with Gasteiger partial charge in [-0.05, 0) is 31.1 Å². The summed E-state index contributed by atoms with van der Waals surface area (Å²) in [5, 5.41) is 9.52. The fourth-order valence-electron chi connectivity index (χ4n) is 2.56. The fourth-order valence-corrected chi connectivity index (χ4v) is 2.56. The van der Waals surface area contributed by atoms with Crippen molar-refractivity contribution in [3.05, 3.63) is 0 Å². The molecule has 1 aliphatic rings. The van der Waals surface area contributed by atoms with E-state index in [4.69, 9.17) is 0 Å². The van der Waals surface area contributed by atoms with Gasteiger partial charge in [-0.25, -0.2) is 0 Å². The summed E-state index contributed by atoms with van der Waals surface area (Å²) in [5.74, 6) is 1.71. The van der Waals surface area contributed by atoms with E-state index in [0.717, 1.165) is 24.7 Å². The Morgan fingerprint density at radius 2 is 1.71 bits per heavy atom. The molecule has 0 heterocycles. The van der Waals surface area contributed by atoms with E-state index in [-0.39, 0.29) is 6.10 Å². The summed E-state index contributed by atoms with van der Waals surface area (Å²) in [6.07, 6.45) is 7.25. The zero-order chi connectivity index (χ0) is 11.0. The molecule has 0 aromatic heterocycles. The van der Waals surface area contributed by atoms with E-state index in [9.17, 15) is 5.11 Å². The minimum Gasteiger partial charge on any atom is -0.393 e. The number of aliphatic hydroxyl groups is 1. The highest BCUT2D eigenvalue weighted by Crippen LogP contribution is 2.35. The summed E-state index contributed by atoms with van der Waals surface area (Å²) in [6.45, 7) is 8.53. The Balaban J connectivity index is 0.000000791. The van der Waals surface area contributed by atoms with Crippen molar-refractivity contribution in [1.82, 2.24) is 0 Å². The molecule has 1 fully saturated rings. The maximum Gasteiger partial charge on any atom is 0.0543 e. The summed E-state index contributed by atoms with van der Waals surface area (Å²) in [6, 6.07) is 0. The van der Waals surface area contributed by atoms with Crippen LogP contribution in [0.25, 0.3) is 0 Å². The summed E-state index contributed by atoms with van der Waals surface area (Å²) in [5.41, 5.74) is 0. The maximum atomic E-state index is 9.52. The van der Waals surface area contributed by atoms with Crippen LogP contribution < -0.4 is 0 Å². The molecule has 3 atom stereocenters. The minimum atomic E-state index is 0.00403. The normalized spacial score (nSPS) is 31.9. The van der Waals surface area contributed by atoms with Crippen LogP contribution in [0.5, 0.6) is 0 Å². The van der Waals surface area contributed by atoms with Crippen molar-refractivity contribution in [3.63, 3.8) is 0 Å². The van der Waals surface area contributed by atoms with Gasteiger partial charge in [-0.1, -0.05) is 47.0 Å². The van der Waals surface area contributed by atoms with Crippen molar-refractivity contribution < 1.29 is 5.11 Å². The van der Waals surface area contributed by atoms with E-state index in [1.54, 1.807) is 0 Å². The predicted molar refractivity (Wildman–Crippen MR) is 63.4 cm³/mol. The Morgan fingerprint density at radius 1 is 1.07 bits per heavy atom. The molecular formula is C13H28O. The molecule has 14 heavy (non-hydrogen) atoms. The second-order valence-electron chi connectivity index (χ2n) is 4.18. The highest BCUT2D eigenvalue weighted by molar-refractivity contribution is 4.78. The van der Waals surface area contributed by atoms with Crippen LogP contribution in [0, 0.1) is 11.8 Å². The third kappa shape index (κ3) is 4.45. The van der Waals surface area contributed by atoms with Crippen molar-refractivity contribution in [2.75, 3.05) is 0 Å². The maximum absolute atomic E-state index is 9.52. The number of hydrogen-bond acceptors (Lipinski definition) is 1. The lowest BCUT2D eigenvalue weighted by molar-refractivity contribution is 0.0634. The van der Waals surface area contributed by atoms with Gasteiger partial charge in [-0.2, -0.15) is 0 Å². The molecule has 1 N–H and O–H groups in total. The summed E-state index contributed by atoms with van der Waals surface area (Å²) >= 11 is 0. The molecule has 86 valence electrons. The van der Waals surface area contributed by atoms with E-state index >= 15 is 0 Å². The molecule has 0 saturated heterocycles. The van der Waals surface area contributed by atoms with Crippen molar-refractivity contribution in [2.24, 2.45) is 11.8 Å². The van der Waals surface area contributed by atoms with Gasteiger partial charge in [0.2, 0.25) is 0 Å². The molecular weight excluding hydrogens is 172 g/mol. The van der Waals surface area contributed by atoms with Gasteiger partial charge in [0.1, 0.15) is 0 Å². The molecule has 1 heteroatoms. The smallest absolute Gasteiger partial charge is 0.0543 e. The second-order valence-corrected chi connectivity index (χ2v) is 4.18. The molecule has 0 aliphatic heterocycles. The molecule has 1 nitrogen and oxygen atoms in total. The van der Waals surface area contributed by atoms with Gasteiger partial charge in [0.25, 0.3) is 0 Å². The fraction of sp³-hybridized carbons (Fsp3) is 1.00. The summed E-state index contributed by atoms with van der Waals surface area (Å²) < 4.78 is 0. The predicted octanol–water partition coefficient (Wildman–Crippen LogP) is 4.00. The van der Waals surface area contributed by atoms with E-state index in [1.165, 1.54) is 25.7 Å². The first-order chi connectivity index (χ1) is 6.77. The van der Waals surface area contributed by atoms with E-state index < -0.39 is 0 Å². The van der Waals surface area contributed by atoms with Gasteiger partial charge in [0.05, 0.1) is 6.10 Å². The van der Waals surface area contributed by atoms with Crippen LogP contribution in [0.15, 0.2) is 0 Å². The number of aliphatic hydroxyl groups excluding tert-OH is 1. The van der Waals surface area contributed by atoms with E-state index in [1.807, 2.05) is 13.8 Å². The van der Waals surface area contributed by atoms with Crippen molar-refractivity contribution >= 4 is 0 Å². The molecule has 1 rings (SSSR count). The van der Waals surface area contributed by atoms with Crippen LogP contribution in [0.2, 0.25) is 0 Å². The Labute approximate surface area is 89.9 Å². The van der Waals surface area contributed by atoms with Gasteiger partial charge in [0.15, 0.2) is 0 Å². The average Bonchev–Trinajstić information content (AvgIpc) is 2.22. The SMILES string of the molecule is CC.CCCC1CC(O)CCC1CC. The average molecular weight is 200 g/mol. The second kappa shape index (κ2) is 8.28. The van der Waals surface area contributed by atoms with Crippen LogP contribution in [0.1, 0.15) is 66.2 Å². The van der Waals surface area contributed by atoms with Crippen LogP contribution in [-0.2, 0) is 0 Å². The highest BCUT2D eigenvalue weighted by Gasteiger charge is 2.27. The highest BCUT2D eigenvalue weighted by atomic mass is 16.3. The molecule has 1 saturated carbocycles. The number of hydrogen-bond donors (Lipinski definition) is 1. The Bertz CT molecular complexity index is 122. The lowest BCUT2D eigenvalue weighted by Gasteiger charge is -2.33. The molecule has 0 aromatic carbocycles. The summed E-state index contributed by atoms with van der Waals surface area (Å²) in [7, 11) is 0. The van der Waals surface area contributed by atoms with Gasteiger partial charge >= 0.3 is 0 Å². The molecule has 0 bridgehead atoms. The lowest BCUT2D eigenvalue weighted by Crippen LogP contribution is -2.27. The van der Waals surface area contributed by atoms with Gasteiger partial charge in [0, 0.05) is 0 Å². The first kappa shape index (κ1) is 14.0. The standard InChI is InChI=1S/C11H22O.C2H6/c1-3-5-10-8-11(12)7-6-9(10)4-2;1-2/h9-12H,3-8H2,1-2H3;1-2H3. The van der Waals surface area contributed by atoms with Crippen molar-refractivity contribution in [1.29, 1.82) is 0 Å². The van der Waals surface area contributed by atoms with Crippen LogP contribution in [0.3, 0.4) is 0 Å². The third-order valence-corrected chi connectivity index (χ3v) is 3.30. The van der Waals surface area contributed by atoms with Crippen LogP contribution in [-0.4, -0.2) is 11.2 Å². The zero-order valence-corrected chi connectivity index (χ0v) is 10.4. The molecule has 0 spiro atoms. The molecule has 0 amide bonds. The minimum absolute atomic E-state index is 0.00403. The van der Waals surface area contributed by atoms with Crippen LogP contribution >= 0.6 is 0 Å². The van der Waals surface area contributed by atoms with E-state index in [2.05, 4.69) is 13.8 Å².